The summed E-state index contributed by atoms with van der Waals surface area (Å²) >= 11 is 0. The number of hydrogen-bond donors (Lipinski definition) is 0. The molecule has 4 saturated carbocycles. The normalized spacial score (nSPS) is 29.7. The van der Waals surface area contributed by atoms with E-state index in [4.69, 9.17) is 0 Å². The molecule has 0 radical (unpaired) electrons. The van der Waals surface area contributed by atoms with Crippen LogP contribution in [-0.2, 0) is 27.1 Å². The first kappa shape index (κ1) is 38.6. The topological polar surface area (TPSA) is 3.24 Å². The Morgan fingerprint density at radius 1 is 0.413 bits per heavy atom. The van der Waals surface area contributed by atoms with Crippen molar-refractivity contribution in [1.82, 2.24) is 0 Å². The van der Waals surface area contributed by atoms with Crippen molar-refractivity contribution in [3.8, 4) is 33.4 Å². The molecule has 0 aromatic heterocycles. The summed E-state index contributed by atoms with van der Waals surface area (Å²) in [7, 11) is 0. The summed E-state index contributed by atoms with van der Waals surface area (Å²) in [5.41, 5.74) is 22.7. The fourth-order valence-corrected chi connectivity index (χ4v) is 16.5. The zero-order valence-corrected chi connectivity index (χ0v) is 39.0. The van der Waals surface area contributed by atoms with Crippen molar-refractivity contribution in [2.45, 2.75) is 134 Å². The van der Waals surface area contributed by atoms with E-state index in [0.29, 0.717) is 5.41 Å². The van der Waals surface area contributed by atoms with Gasteiger partial charge in [0.15, 0.2) is 0 Å². The van der Waals surface area contributed by atoms with Gasteiger partial charge >= 0.3 is 0 Å². The Bertz CT molecular complexity index is 2800. The van der Waals surface area contributed by atoms with Gasteiger partial charge in [0.1, 0.15) is 0 Å². The van der Waals surface area contributed by atoms with Crippen LogP contribution in [0.5, 0.6) is 0 Å². The zero-order chi connectivity index (χ0) is 43.1. The smallest absolute Gasteiger partial charge is 0.0467 e. The van der Waals surface area contributed by atoms with Crippen molar-refractivity contribution in [3.63, 3.8) is 0 Å². The highest BCUT2D eigenvalue weighted by atomic mass is 15.1. The van der Waals surface area contributed by atoms with Crippen LogP contribution < -0.4 is 4.90 Å². The van der Waals surface area contributed by atoms with Gasteiger partial charge in [-0.15, -0.1) is 0 Å². The van der Waals surface area contributed by atoms with Gasteiger partial charge in [-0.1, -0.05) is 146 Å². The van der Waals surface area contributed by atoms with Gasteiger partial charge in [-0.2, -0.15) is 0 Å². The molecule has 2 spiro atoms. The highest BCUT2D eigenvalue weighted by Gasteiger charge is 2.84. The van der Waals surface area contributed by atoms with Gasteiger partial charge in [-0.05, 0) is 205 Å². The second-order valence-electron chi connectivity index (χ2n) is 24.3. The van der Waals surface area contributed by atoms with Gasteiger partial charge in [-0.25, -0.2) is 0 Å². The summed E-state index contributed by atoms with van der Waals surface area (Å²) in [6.45, 7) is 19.7. The molecule has 6 aromatic rings. The molecule has 0 saturated heterocycles. The molecule has 318 valence electrons. The van der Waals surface area contributed by atoms with Gasteiger partial charge in [0.05, 0.1) is 0 Å². The van der Waals surface area contributed by atoms with Gasteiger partial charge < -0.3 is 4.90 Å². The van der Waals surface area contributed by atoms with Crippen LogP contribution in [0.3, 0.4) is 0 Å². The lowest BCUT2D eigenvalue weighted by Crippen LogP contribution is -2.73. The molecule has 1 heteroatoms. The molecule has 2 bridgehead atoms. The number of benzene rings is 6. The summed E-state index contributed by atoms with van der Waals surface area (Å²) < 4.78 is 0. The van der Waals surface area contributed by atoms with Crippen LogP contribution in [0.25, 0.3) is 33.4 Å². The lowest BCUT2D eigenvalue weighted by Gasteiger charge is -2.76. The van der Waals surface area contributed by atoms with Crippen LogP contribution in [0.1, 0.15) is 140 Å². The van der Waals surface area contributed by atoms with E-state index in [-0.39, 0.29) is 27.1 Å². The Morgan fingerprint density at radius 2 is 0.905 bits per heavy atom. The predicted molar refractivity (Wildman–Crippen MR) is 264 cm³/mol. The molecule has 7 aliphatic rings. The Labute approximate surface area is 377 Å². The van der Waals surface area contributed by atoms with E-state index < -0.39 is 0 Å². The molecule has 0 aliphatic heterocycles. The Kier molecular flexibility index (Phi) is 7.63. The standard InChI is InChI=1S/C62H65N/c1-57(2)27-29-59(5,6)55-45(20-13-23-50(55)57)39-15-11-17-42(33-39)63(43-18-12-16-40(34-43)46-21-14-24-51-56(46)60(7,8)30-28-58(51,3)4)44-25-26-48-47-19-9-10-22-49(47)62(52(48)36-44)53-32-38-31-41-35-54(62)61(41,53)37-38/h9-26,33-34,36,38,41,53-54H,27-32,35,37H2,1-8H3. The van der Waals surface area contributed by atoms with Crippen LogP contribution in [-0.4, -0.2) is 0 Å². The van der Waals surface area contributed by atoms with Crippen molar-refractivity contribution in [2.24, 2.45) is 29.1 Å². The Morgan fingerprint density at radius 3 is 1.51 bits per heavy atom. The van der Waals surface area contributed by atoms with Gasteiger partial charge in [-0.3, -0.25) is 0 Å². The third-order valence-electron chi connectivity index (χ3n) is 19.4. The SMILES string of the molecule is CC1(C)CCC(C)(C)c2c(-c3cccc(N(c4cccc(-c5cccc6c5C(C)(C)CCC6(C)C)c4)c4ccc5c(c4)C4(c6ccccc6-5)C5CC6CC7CC4C75C6)c3)cccc21. The van der Waals surface area contributed by atoms with Crippen molar-refractivity contribution < 1.29 is 0 Å². The number of rotatable bonds is 5. The summed E-state index contributed by atoms with van der Waals surface area (Å²) in [5, 5.41) is 0. The molecule has 0 N–H and O–H groups in total. The summed E-state index contributed by atoms with van der Waals surface area (Å²) in [6.07, 6.45) is 10.7. The molecule has 6 unspecified atom stereocenters. The monoisotopic (exact) mass is 824 g/mol. The van der Waals surface area contributed by atoms with Crippen molar-refractivity contribution in [3.05, 3.63) is 161 Å². The first-order valence-corrected chi connectivity index (χ1v) is 24.7. The van der Waals surface area contributed by atoms with E-state index in [2.05, 4.69) is 188 Å². The van der Waals surface area contributed by atoms with Crippen LogP contribution in [0.15, 0.2) is 127 Å². The van der Waals surface area contributed by atoms with E-state index in [0.717, 1.165) is 23.7 Å². The first-order valence-electron chi connectivity index (χ1n) is 24.7. The highest BCUT2D eigenvalue weighted by molar-refractivity contribution is 5.89. The Hall–Kier alpha value is -4.88. The minimum atomic E-state index is 0.103. The summed E-state index contributed by atoms with van der Waals surface area (Å²) in [4.78, 5) is 2.62. The second kappa shape index (κ2) is 12.5. The summed E-state index contributed by atoms with van der Waals surface area (Å²) in [6, 6.07) is 50.7. The van der Waals surface area contributed by atoms with Crippen LogP contribution in [0, 0.1) is 29.1 Å². The molecular formula is C62H65N. The van der Waals surface area contributed by atoms with Crippen LogP contribution in [0.4, 0.5) is 17.1 Å². The van der Waals surface area contributed by atoms with E-state index in [1.54, 1.807) is 11.1 Å². The third kappa shape index (κ3) is 4.90. The molecule has 63 heavy (non-hydrogen) atoms. The molecule has 1 nitrogen and oxygen atoms in total. The molecular weight excluding hydrogens is 759 g/mol. The molecule has 4 fully saturated rings. The number of anilines is 3. The quantitative estimate of drug-likeness (QED) is 0.167. The predicted octanol–water partition coefficient (Wildman–Crippen LogP) is 16.5. The maximum atomic E-state index is 2.69. The van der Waals surface area contributed by atoms with Gasteiger partial charge in [0, 0.05) is 22.5 Å². The van der Waals surface area contributed by atoms with E-state index in [1.807, 2.05) is 0 Å². The maximum absolute atomic E-state index is 2.69. The largest absolute Gasteiger partial charge is 0.310 e. The van der Waals surface area contributed by atoms with Crippen LogP contribution in [0.2, 0.25) is 0 Å². The molecule has 6 atom stereocenters. The van der Waals surface area contributed by atoms with E-state index in [1.165, 1.54) is 124 Å². The minimum absolute atomic E-state index is 0.103. The number of nitrogens with zero attached hydrogens (tertiary/aromatic N) is 1. The molecule has 6 aromatic carbocycles. The van der Waals surface area contributed by atoms with E-state index >= 15 is 0 Å². The van der Waals surface area contributed by atoms with Gasteiger partial charge in [0.25, 0.3) is 0 Å². The first-order chi connectivity index (χ1) is 30.1. The fourth-order valence-electron chi connectivity index (χ4n) is 16.5. The lowest BCUT2D eigenvalue weighted by molar-refractivity contribution is -0.231. The van der Waals surface area contributed by atoms with Crippen molar-refractivity contribution in [1.29, 1.82) is 0 Å². The maximum Gasteiger partial charge on any atom is 0.0467 e. The molecule has 0 heterocycles. The van der Waals surface area contributed by atoms with Gasteiger partial charge in [0.2, 0.25) is 0 Å². The number of hydrogen-bond acceptors (Lipinski definition) is 1. The zero-order valence-electron chi connectivity index (χ0n) is 39.0. The fraction of sp³-hybridized carbons (Fsp3) is 0.419. The highest BCUT2D eigenvalue weighted by Crippen LogP contribution is 2.89. The Balaban J connectivity index is 1.01. The second-order valence-corrected chi connectivity index (χ2v) is 24.3. The molecule has 0 amide bonds. The average molecular weight is 824 g/mol. The van der Waals surface area contributed by atoms with E-state index in [9.17, 15) is 0 Å². The third-order valence-corrected chi connectivity index (χ3v) is 19.4. The lowest BCUT2D eigenvalue weighted by atomic mass is 9.27. The minimum Gasteiger partial charge on any atom is -0.310 e. The molecule has 7 aliphatic carbocycles. The van der Waals surface area contributed by atoms with Crippen molar-refractivity contribution in [2.75, 3.05) is 4.90 Å². The summed E-state index contributed by atoms with van der Waals surface area (Å²) in [5.74, 6) is 3.46. The average Bonchev–Trinajstić information content (AvgIpc) is 3.91. The van der Waals surface area contributed by atoms with Crippen molar-refractivity contribution >= 4 is 17.1 Å². The van der Waals surface area contributed by atoms with Crippen LogP contribution >= 0.6 is 0 Å². The number of fused-ring (bicyclic) bond motifs is 10. The molecule has 13 rings (SSSR count).